The molecule has 0 heterocycles. The molecular weight excluding hydrogens is 508 g/mol. The molecule has 39 heavy (non-hydrogen) atoms. The quantitative estimate of drug-likeness (QED) is 0.204. The number of benzene rings is 4. The van der Waals surface area contributed by atoms with Crippen molar-refractivity contribution in [3.8, 4) is 0 Å². The highest BCUT2D eigenvalue weighted by Crippen LogP contribution is 2.52. The molecule has 0 spiro atoms. The van der Waals surface area contributed by atoms with Gasteiger partial charge < -0.3 is 0 Å². The maximum Gasteiger partial charge on any atom is 0.0281 e. The molecule has 0 bridgehead atoms. The van der Waals surface area contributed by atoms with Crippen molar-refractivity contribution in [2.45, 2.75) is 40.7 Å². The fraction of sp³-hybridized carbons (Fsp3) is 0.222. The van der Waals surface area contributed by atoms with Crippen LogP contribution in [0.1, 0.15) is 29.2 Å². The molecule has 2 atom stereocenters. The summed E-state index contributed by atoms with van der Waals surface area (Å²) >= 11 is 0. The summed E-state index contributed by atoms with van der Waals surface area (Å²) in [7, 11) is 1.03. The number of rotatable bonds is 8. The van der Waals surface area contributed by atoms with Crippen LogP contribution < -0.4 is 21.2 Å². The molecule has 0 saturated carbocycles. The van der Waals surface area contributed by atoms with E-state index in [1.165, 1.54) is 48.8 Å². The summed E-state index contributed by atoms with van der Waals surface area (Å²) in [5.41, 5.74) is 5.34. The second kappa shape index (κ2) is 12.1. The van der Waals surface area contributed by atoms with Gasteiger partial charge in [0.2, 0.25) is 0 Å². The number of allylic oxidation sites excluding steroid dienone is 2. The lowest BCUT2D eigenvalue weighted by Gasteiger charge is -2.39. The Morgan fingerprint density at radius 3 is 1.49 bits per heavy atom. The van der Waals surface area contributed by atoms with Crippen LogP contribution in [-0.2, 0) is 0 Å². The Kier molecular flexibility index (Phi) is 8.64. The average molecular weight is 548 g/mol. The largest absolute Gasteiger partial charge is 0.274 e. The highest BCUT2D eigenvalue weighted by Gasteiger charge is 2.34. The van der Waals surface area contributed by atoms with Crippen molar-refractivity contribution in [3.05, 3.63) is 143 Å². The summed E-state index contributed by atoms with van der Waals surface area (Å²) in [4.78, 5) is 0. The maximum atomic E-state index is 2.68. The van der Waals surface area contributed by atoms with Gasteiger partial charge in [-0.15, -0.1) is 0 Å². The van der Waals surface area contributed by atoms with Gasteiger partial charge in [-0.05, 0) is 100 Å². The Balaban J connectivity index is 1.56. The van der Waals surface area contributed by atoms with Crippen molar-refractivity contribution in [1.82, 2.24) is 4.67 Å². The average Bonchev–Trinajstić information content (AvgIpc) is 3.38. The van der Waals surface area contributed by atoms with E-state index in [2.05, 4.69) is 162 Å². The van der Waals surface area contributed by atoms with E-state index in [1.807, 2.05) is 0 Å². The maximum absolute atomic E-state index is 2.68. The first kappa shape index (κ1) is 27.7. The Bertz CT molecular complexity index is 1360. The summed E-state index contributed by atoms with van der Waals surface area (Å²) in [5.74, 6) is 0.350. The van der Waals surface area contributed by atoms with E-state index in [4.69, 9.17) is 0 Å². The van der Waals surface area contributed by atoms with Crippen LogP contribution in [0.3, 0.4) is 0 Å². The van der Waals surface area contributed by atoms with Gasteiger partial charge in [0.05, 0.1) is 0 Å². The Hall–Kier alpha value is -2.82. The second-order valence-corrected chi connectivity index (χ2v) is 15.3. The fourth-order valence-electron chi connectivity index (χ4n) is 5.79. The molecule has 0 aromatic heterocycles. The minimum Gasteiger partial charge on any atom is -0.274 e. The van der Waals surface area contributed by atoms with Crippen LogP contribution in [-0.4, -0.2) is 17.8 Å². The van der Waals surface area contributed by atoms with Crippen LogP contribution in [0.2, 0.25) is 0 Å². The summed E-state index contributed by atoms with van der Waals surface area (Å²) in [5, 5.41) is 7.24. The molecule has 4 aromatic rings. The molecular formula is C36H39NP2. The lowest BCUT2D eigenvalue weighted by Crippen LogP contribution is -2.37. The molecule has 0 saturated heterocycles. The predicted octanol–water partition coefficient (Wildman–Crippen LogP) is 7.79. The zero-order valence-electron chi connectivity index (χ0n) is 24.0. The van der Waals surface area contributed by atoms with E-state index in [9.17, 15) is 0 Å². The monoisotopic (exact) mass is 547 g/mol. The van der Waals surface area contributed by atoms with Crippen molar-refractivity contribution in [3.63, 3.8) is 0 Å². The zero-order chi connectivity index (χ0) is 27.5. The zero-order valence-corrected chi connectivity index (χ0v) is 25.8. The van der Waals surface area contributed by atoms with Crippen LogP contribution in [0.4, 0.5) is 0 Å². The minimum absolute atomic E-state index is 0.333. The minimum atomic E-state index is -0.700. The van der Waals surface area contributed by atoms with Gasteiger partial charge >= 0.3 is 0 Å². The lowest BCUT2D eigenvalue weighted by atomic mass is 10.0. The highest BCUT2D eigenvalue weighted by molar-refractivity contribution is 7.76. The molecule has 1 unspecified atom stereocenters. The number of hydrogen-bond acceptors (Lipinski definition) is 1. The molecule has 1 nitrogen and oxygen atoms in total. The van der Waals surface area contributed by atoms with Gasteiger partial charge in [-0.25, -0.2) is 0 Å². The topological polar surface area (TPSA) is 3.24 Å². The van der Waals surface area contributed by atoms with Gasteiger partial charge in [-0.3, -0.25) is 4.67 Å². The van der Waals surface area contributed by atoms with Crippen molar-refractivity contribution in [2.24, 2.45) is 5.92 Å². The van der Waals surface area contributed by atoms with Gasteiger partial charge in [0.25, 0.3) is 0 Å². The second-order valence-electron chi connectivity index (χ2n) is 10.8. The van der Waals surface area contributed by atoms with Crippen molar-refractivity contribution < 1.29 is 0 Å². The van der Waals surface area contributed by atoms with E-state index in [-0.39, 0.29) is 0 Å². The van der Waals surface area contributed by atoms with E-state index in [1.54, 1.807) is 0 Å². The van der Waals surface area contributed by atoms with Crippen molar-refractivity contribution in [2.75, 3.05) is 7.05 Å². The third kappa shape index (κ3) is 6.18. The summed E-state index contributed by atoms with van der Waals surface area (Å²) in [6.07, 6.45) is 7.13. The predicted molar refractivity (Wildman–Crippen MR) is 175 cm³/mol. The normalized spacial score (nSPS) is 15.8. The molecule has 5 rings (SSSR count). The van der Waals surface area contributed by atoms with E-state index in [0.717, 1.165) is 0 Å². The standard InChI is InChI=1S/C36H39NP2/c1-26-20-27(2)23-33(22-26)39(34-24-28(3)21-29(4)25-34)37(6)30(5)35-18-13-19-36(35)38(31-14-9-7-10-15-31)32-16-11-8-12-17-32/h7-25,30,35H,1-6H3/t30-,35?/m1/s1. The van der Waals surface area contributed by atoms with Gasteiger partial charge in [0.1, 0.15) is 0 Å². The number of aryl methyl sites for hydroxylation is 4. The van der Waals surface area contributed by atoms with Crippen molar-refractivity contribution >= 4 is 37.2 Å². The highest BCUT2D eigenvalue weighted by atomic mass is 31.1. The molecule has 1 aliphatic rings. The van der Waals surface area contributed by atoms with Crippen LogP contribution in [0.25, 0.3) is 0 Å². The molecule has 0 fully saturated rings. The van der Waals surface area contributed by atoms with Crippen LogP contribution in [0, 0.1) is 33.6 Å². The fourth-order valence-corrected chi connectivity index (χ4v) is 11.3. The third-order valence-corrected chi connectivity index (χ3v) is 12.6. The molecule has 198 valence electrons. The van der Waals surface area contributed by atoms with E-state index >= 15 is 0 Å². The summed E-state index contributed by atoms with van der Waals surface area (Å²) in [6.45, 7) is 11.3. The number of nitrogens with zero attached hydrogens (tertiary/aromatic N) is 1. The molecule has 0 aliphatic heterocycles. The molecule has 1 aliphatic carbocycles. The van der Waals surface area contributed by atoms with Gasteiger partial charge in [-0.1, -0.05) is 113 Å². The Morgan fingerprint density at radius 1 is 0.615 bits per heavy atom. The molecule has 3 heteroatoms. The van der Waals surface area contributed by atoms with E-state index in [0.29, 0.717) is 12.0 Å². The first-order valence-electron chi connectivity index (χ1n) is 13.8. The van der Waals surface area contributed by atoms with Crippen LogP contribution in [0.15, 0.2) is 121 Å². The summed E-state index contributed by atoms with van der Waals surface area (Å²) in [6, 6.07) is 36.7. The molecule has 0 radical (unpaired) electrons. The SMILES string of the molecule is Cc1cc(C)cc(P(c2cc(C)cc(C)c2)N(C)[C@H](C)C2C=CC=C2P(c2ccccc2)c2ccccc2)c1. The smallest absolute Gasteiger partial charge is 0.0281 e. The van der Waals surface area contributed by atoms with Gasteiger partial charge in [-0.2, -0.15) is 0 Å². The first-order valence-corrected chi connectivity index (χ1v) is 16.4. The molecule has 0 amide bonds. The Labute approximate surface area is 237 Å². The van der Waals surface area contributed by atoms with Crippen LogP contribution in [0.5, 0.6) is 0 Å². The number of hydrogen-bond donors (Lipinski definition) is 0. The van der Waals surface area contributed by atoms with Gasteiger partial charge in [0, 0.05) is 20.0 Å². The first-order chi connectivity index (χ1) is 18.8. The van der Waals surface area contributed by atoms with Gasteiger partial charge in [0.15, 0.2) is 0 Å². The molecule has 4 aromatic carbocycles. The molecule has 0 N–H and O–H groups in total. The third-order valence-electron chi connectivity index (χ3n) is 7.54. The van der Waals surface area contributed by atoms with Crippen molar-refractivity contribution in [1.29, 1.82) is 0 Å². The van der Waals surface area contributed by atoms with E-state index < -0.39 is 16.0 Å². The van der Waals surface area contributed by atoms with Crippen LogP contribution >= 0.6 is 16.0 Å². The Morgan fingerprint density at radius 2 is 1.05 bits per heavy atom. The lowest BCUT2D eigenvalue weighted by molar-refractivity contribution is 0.380. The summed E-state index contributed by atoms with van der Waals surface area (Å²) < 4.78 is 2.68.